The molecule has 1 N–H and O–H groups in total. The minimum Gasteiger partial charge on any atom is -0.477 e. The molecule has 5 heteroatoms. The molecular formula is C14H10N2O3. The number of rotatable bonds is 3. The first-order valence-corrected chi connectivity index (χ1v) is 5.68. The van der Waals surface area contributed by atoms with E-state index in [1.165, 1.54) is 17.0 Å². The van der Waals surface area contributed by atoms with Crippen LogP contribution in [-0.2, 0) is 0 Å². The molecule has 0 aliphatic heterocycles. The number of carboxylic acid groups (broad SMARTS) is 1. The van der Waals surface area contributed by atoms with Gasteiger partial charge in [-0.2, -0.15) is 5.10 Å². The molecule has 0 aliphatic carbocycles. The van der Waals surface area contributed by atoms with E-state index in [1.54, 1.807) is 24.3 Å². The molecule has 0 aliphatic rings. The average Bonchev–Trinajstić information content (AvgIpc) is 3.08. The van der Waals surface area contributed by atoms with E-state index in [0.29, 0.717) is 17.1 Å². The number of para-hydroxylation sites is 1. The molecule has 0 saturated heterocycles. The standard InChI is InChI=1S/C14H10N2O3/c17-14(18)12-9-11(13-7-4-8-19-13)15-16(12)10-5-2-1-3-6-10/h1-9H,(H,17,18). The third-order valence-corrected chi connectivity index (χ3v) is 2.70. The van der Waals surface area contributed by atoms with E-state index >= 15 is 0 Å². The van der Waals surface area contributed by atoms with Crippen molar-refractivity contribution in [2.75, 3.05) is 0 Å². The van der Waals surface area contributed by atoms with Crippen molar-refractivity contribution in [3.8, 4) is 17.1 Å². The van der Waals surface area contributed by atoms with E-state index in [1.807, 2.05) is 18.2 Å². The summed E-state index contributed by atoms with van der Waals surface area (Å²) in [6.45, 7) is 0. The fraction of sp³-hybridized carbons (Fsp3) is 0. The molecule has 0 unspecified atom stereocenters. The van der Waals surface area contributed by atoms with Crippen LogP contribution in [0.3, 0.4) is 0 Å². The van der Waals surface area contributed by atoms with E-state index in [4.69, 9.17) is 4.42 Å². The maximum atomic E-state index is 11.3. The zero-order valence-corrected chi connectivity index (χ0v) is 9.85. The van der Waals surface area contributed by atoms with Crippen LogP contribution in [0.15, 0.2) is 59.2 Å². The summed E-state index contributed by atoms with van der Waals surface area (Å²) in [6, 6.07) is 14.1. The zero-order chi connectivity index (χ0) is 13.2. The molecule has 0 radical (unpaired) electrons. The molecule has 0 bridgehead atoms. The van der Waals surface area contributed by atoms with Crippen molar-refractivity contribution in [3.63, 3.8) is 0 Å². The van der Waals surface area contributed by atoms with Crippen LogP contribution < -0.4 is 0 Å². The van der Waals surface area contributed by atoms with E-state index in [2.05, 4.69) is 5.10 Å². The van der Waals surface area contributed by atoms with Crippen LogP contribution in [0.2, 0.25) is 0 Å². The van der Waals surface area contributed by atoms with Gasteiger partial charge in [0.15, 0.2) is 11.5 Å². The molecular weight excluding hydrogens is 244 g/mol. The Labute approximate surface area is 108 Å². The second kappa shape index (κ2) is 4.45. The molecule has 3 rings (SSSR count). The Morgan fingerprint density at radius 3 is 2.58 bits per heavy atom. The molecule has 0 saturated carbocycles. The molecule has 0 amide bonds. The van der Waals surface area contributed by atoms with Gasteiger partial charge in [-0.15, -0.1) is 0 Å². The third kappa shape index (κ3) is 2.01. The lowest BCUT2D eigenvalue weighted by atomic mass is 10.3. The van der Waals surface area contributed by atoms with E-state index in [9.17, 15) is 9.90 Å². The number of benzene rings is 1. The van der Waals surface area contributed by atoms with Crippen molar-refractivity contribution in [2.45, 2.75) is 0 Å². The van der Waals surface area contributed by atoms with Gasteiger partial charge in [0.1, 0.15) is 5.69 Å². The Morgan fingerprint density at radius 1 is 1.16 bits per heavy atom. The number of carbonyl (C=O) groups is 1. The Morgan fingerprint density at radius 2 is 1.95 bits per heavy atom. The highest BCUT2D eigenvalue weighted by Crippen LogP contribution is 2.22. The lowest BCUT2D eigenvalue weighted by Crippen LogP contribution is -2.07. The van der Waals surface area contributed by atoms with Crippen LogP contribution in [0.4, 0.5) is 0 Å². The number of nitrogens with zero attached hydrogens (tertiary/aromatic N) is 2. The molecule has 94 valence electrons. The Kier molecular flexibility index (Phi) is 2.64. The first kappa shape index (κ1) is 11.3. The van der Waals surface area contributed by atoms with Gasteiger partial charge in [-0.05, 0) is 24.3 Å². The summed E-state index contributed by atoms with van der Waals surface area (Å²) in [4.78, 5) is 11.3. The summed E-state index contributed by atoms with van der Waals surface area (Å²) in [7, 11) is 0. The predicted octanol–water partition coefficient (Wildman–Crippen LogP) is 2.83. The Balaban J connectivity index is 2.16. The molecule has 2 aromatic heterocycles. The van der Waals surface area contributed by atoms with Gasteiger partial charge in [-0.1, -0.05) is 18.2 Å². The van der Waals surface area contributed by atoms with Crippen molar-refractivity contribution in [3.05, 3.63) is 60.5 Å². The van der Waals surface area contributed by atoms with E-state index < -0.39 is 5.97 Å². The first-order valence-electron chi connectivity index (χ1n) is 5.68. The normalized spacial score (nSPS) is 10.5. The summed E-state index contributed by atoms with van der Waals surface area (Å²) in [5.41, 5.74) is 1.28. The van der Waals surface area contributed by atoms with Crippen LogP contribution in [0.1, 0.15) is 10.5 Å². The van der Waals surface area contributed by atoms with Crippen molar-refractivity contribution < 1.29 is 14.3 Å². The molecule has 19 heavy (non-hydrogen) atoms. The fourth-order valence-corrected chi connectivity index (χ4v) is 1.84. The third-order valence-electron chi connectivity index (χ3n) is 2.70. The highest BCUT2D eigenvalue weighted by atomic mass is 16.4. The van der Waals surface area contributed by atoms with Crippen molar-refractivity contribution in [1.82, 2.24) is 9.78 Å². The minimum atomic E-state index is -1.03. The largest absolute Gasteiger partial charge is 0.477 e. The van der Waals surface area contributed by atoms with Gasteiger partial charge in [0.05, 0.1) is 12.0 Å². The molecule has 0 fully saturated rings. The molecule has 0 spiro atoms. The summed E-state index contributed by atoms with van der Waals surface area (Å²) in [6.07, 6.45) is 1.53. The Hall–Kier alpha value is -2.82. The summed E-state index contributed by atoms with van der Waals surface area (Å²) in [5.74, 6) is -0.494. The predicted molar refractivity (Wildman–Crippen MR) is 68.2 cm³/mol. The monoisotopic (exact) mass is 254 g/mol. The maximum absolute atomic E-state index is 11.3. The molecule has 5 nitrogen and oxygen atoms in total. The topological polar surface area (TPSA) is 68.3 Å². The van der Waals surface area contributed by atoms with E-state index in [-0.39, 0.29) is 5.69 Å². The van der Waals surface area contributed by atoms with Gasteiger partial charge in [0.25, 0.3) is 0 Å². The van der Waals surface area contributed by atoms with Crippen LogP contribution in [0.25, 0.3) is 17.1 Å². The summed E-state index contributed by atoms with van der Waals surface area (Å²) < 4.78 is 6.62. The first-order chi connectivity index (χ1) is 9.25. The number of carboxylic acids is 1. The zero-order valence-electron chi connectivity index (χ0n) is 9.85. The Bertz CT molecular complexity index is 700. The second-order valence-corrected chi connectivity index (χ2v) is 3.94. The van der Waals surface area contributed by atoms with Gasteiger partial charge in [-0.3, -0.25) is 0 Å². The number of hydrogen-bond acceptors (Lipinski definition) is 3. The quantitative estimate of drug-likeness (QED) is 0.780. The van der Waals surface area contributed by atoms with Crippen LogP contribution in [-0.4, -0.2) is 20.9 Å². The number of furan rings is 1. The molecule has 2 heterocycles. The van der Waals surface area contributed by atoms with Crippen molar-refractivity contribution in [1.29, 1.82) is 0 Å². The van der Waals surface area contributed by atoms with Crippen LogP contribution in [0, 0.1) is 0 Å². The fourth-order valence-electron chi connectivity index (χ4n) is 1.84. The maximum Gasteiger partial charge on any atom is 0.354 e. The number of hydrogen-bond donors (Lipinski definition) is 1. The van der Waals surface area contributed by atoms with Crippen LogP contribution in [0.5, 0.6) is 0 Å². The SMILES string of the molecule is O=C(O)c1cc(-c2ccco2)nn1-c1ccccc1. The summed E-state index contributed by atoms with van der Waals surface area (Å²) in [5, 5.41) is 13.5. The van der Waals surface area contributed by atoms with Crippen molar-refractivity contribution in [2.24, 2.45) is 0 Å². The van der Waals surface area contributed by atoms with Crippen LogP contribution >= 0.6 is 0 Å². The van der Waals surface area contributed by atoms with Crippen molar-refractivity contribution >= 4 is 5.97 Å². The highest BCUT2D eigenvalue weighted by Gasteiger charge is 2.17. The van der Waals surface area contributed by atoms with Gasteiger partial charge < -0.3 is 9.52 Å². The van der Waals surface area contributed by atoms with Gasteiger partial charge >= 0.3 is 5.97 Å². The lowest BCUT2D eigenvalue weighted by Gasteiger charge is -2.03. The average molecular weight is 254 g/mol. The smallest absolute Gasteiger partial charge is 0.354 e. The number of aromatic nitrogens is 2. The summed E-state index contributed by atoms with van der Waals surface area (Å²) >= 11 is 0. The molecule has 0 atom stereocenters. The second-order valence-electron chi connectivity index (χ2n) is 3.94. The van der Waals surface area contributed by atoms with Gasteiger partial charge in [-0.25, -0.2) is 9.48 Å². The van der Waals surface area contributed by atoms with Gasteiger partial charge in [0.2, 0.25) is 0 Å². The molecule has 3 aromatic rings. The number of aromatic carboxylic acids is 1. The van der Waals surface area contributed by atoms with Gasteiger partial charge in [0, 0.05) is 6.07 Å². The lowest BCUT2D eigenvalue weighted by molar-refractivity contribution is 0.0687. The minimum absolute atomic E-state index is 0.0950. The highest BCUT2D eigenvalue weighted by molar-refractivity contribution is 5.87. The molecule has 1 aromatic carbocycles. The van der Waals surface area contributed by atoms with E-state index in [0.717, 1.165) is 0 Å².